The van der Waals surface area contributed by atoms with Gasteiger partial charge in [-0.1, -0.05) is 76.2 Å². The number of benzene rings is 2. The number of aliphatic hydroxyl groups is 1. The van der Waals surface area contributed by atoms with Crippen molar-refractivity contribution in [1.82, 2.24) is 51.6 Å². The molecule has 0 aliphatic carbocycles. The maximum absolute atomic E-state index is 14.7. The summed E-state index contributed by atoms with van der Waals surface area (Å²) in [5.41, 5.74) is 13.4. The number of aliphatic carboxylic acids is 1. The fraction of sp³-hybridized carbons (Fsp3) is 0.576. The summed E-state index contributed by atoms with van der Waals surface area (Å²) in [5.74, 6) is -8.33. The minimum absolute atomic E-state index is 0.00908. The second kappa shape index (κ2) is 30.1. The molecule has 3 fully saturated rings. The number of carbonyl (C=O) groups is 11. The predicted molar refractivity (Wildman–Crippen MR) is 308 cm³/mol. The van der Waals surface area contributed by atoms with Crippen LogP contribution in [0.25, 0.3) is 10.9 Å². The number of fused-ring (bicyclic) bond motifs is 1. The van der Waals surface area contributed by atoms with Crippen LogP contribution in [-0.2, 0) is 65.6 Å². The van der Waals surface area contributed by atoms with Gasteiger partial charge in [-0.25, -0.2) is 4.79 Å². The molecule has 0 spiro atoms. The quantitative estimate of drug-likeness (QED) is 0.0456. The Morgan fingerprint density at radius 1 is 0.583 bits per heavy atom. The van der Waals surface area contributed by atoms with E-state index in [1.165, 1.54) is 28.5 Å². The van der Waals surface area contributed by atoms with Gasteiger partial charge in [0.25, 0.3) is 0 Å². The lowest BCUT2D eigenvalue weighted by Crippen LogP contribution is -2.60. The zero-order valence-corrected chi connectivity index (χ0v) is 48.8. The molecule has 13 N–H and O–H groups in total. The molecular formula is C59H84N12O13. The van der Waals surface area contributed by atoms with E-state index in [1.54, 1.807) is 42.6 Å². The molecule has 3 aliphatic heterocycles. The number of aliphatic hydroxyl groups excluding tert-OH is 1. The van der Waals surface area contributed by atoms with Crippen LogP contribution in [0.1, 0.15) is 117 Å². The van der Waals surface area contributed by atoms with E-state index in [0.29, 0.717) is 36.8 Å². The third-order valence-corrected chi connectivity index (χ3v) is 15.7. The zero-order chi connectivity index (χ0) is 61.5. The van der Waals surface area contributed by atoms with E-state index in [1.807, 2.05) is 45.9 Å². The highest BCUT2D eigenvalue weighted by Gasteiger charge is 2.45. The number of carboxylic acid groups (broad SMARTS) is 1. The number of aromatic amines is 1. The van der Waals surface area contributed by atoms with Gasteiger partial charge in [-0.05, 0) is 101 Å². The van der Waals surface area contributed by atoms with Gasteiger partial charge in [-0.3, -0.25) is 47.9 Å². The van der Waals surface area contributed by atoms with Crippen molar-refractivity contribution in [3.8, 4) is 0 Å². The highest BCUT2D eigenvalue weighted by atomic mass is 16.4. The normalized spacial score (nSPS) is 19.8. The summed E-state index contributed by atoms with van der Waals surface area (Å²) in [6.45, 7) is 10.6. The van der Waals surface area contributed by atoms with Crippen molar-refractivity contribution in [3.05, 3.63) is 71.9 Å². The van der Waals surface area contributed by atoms with Crippen molar-refractivity contribution >= 4 is 75.9 Å². The third kappa shape index (κ3) is 17.3. The van der Waals surface area contributed by atoms with Crippen LogP contribution in [0.4, 0.5) is 0 Å². The molecule has 0 radical (unpaired) electrons. The van der Waals surface area contributed by atoms with Crippen molar-refractivity contribution in [2.75, 3.05) is 19.6 Å². The van der Waals surface area contributed by atoms with Gasteiger partial charge in [0.05, 0.1) is 6.10 Å². The van der Waals surface area contributed by atoms with Crippen LogP contribution >= 0.6 is 0 Å². The number of hydrogen-bond acceptors (Lipinski definition) is 13. The average molecular weight is 1170 g/mol. The lowest BCUT2D eigenvalue weighted by Gasteiger charge is -2.34. The largest absolute Gasteiger partial charge is 0.480 e. The number of likely N-dealkylation sites (tertiary alicyclic amines) is 3. The maximum Gasteiger partial charge on any atom is 0.326 e. The Morgan fingerprint density at radius 2 is 1.08 bits per heavy atom. The molecule has 0 bridgehead atoms. The monoisotopic (exact) mass is 1170 g/mol. The topological polar surface area (TPSA) is 378 Å². The van der Waals surface area contributed by atoms with Crippen LogP contribution in [0.2, 0.25) is 0 Å². The predicted octanol–water partition coefficient (Wildman–Crippen LogP) is 0.00520. The van der Waals surface area contributed by atoms with E-state index in [9.17, 15) is 63.0 Å². The van der Waals surface area contributed by atoms with Gasteiger partial charge < -0.3 is 73.3 Å². The molecule has 11 atom stereocenters. The number of hydrogen-bond donors (Lipinski definition) is 11. The Morgan fingerprint density at radius 3 is 1.69 bits per heavy atom. The number of para-hydroxylation sites is 1. The molecule has 3 aromatic rings. The smallest absolute Gasteiger partial charge is 0.326 e. The number of carbonyl (C=O) groups excluding carboxylic acids is 10. The molecule has 0 saturated carbocycles. The summed E-state index contributed by atoms with van der Waals surface area (Å²) in [7, 11) is 0. The molecule has 458 valence electrons. The molecule has 0 unspecified atom stereocenters. The summed E-state index contributed by atoms with van der Waals surface area (Å²) < 4.78 is 0. The first-order chi connectivity index (χ1) is 39.8. The molecule has 84 heavy (non-hydrogen) atoms. The zero-order valence-electron chi connectivity index (χ0n) is 48.8. The van der Waals surface area contributed by atoms with Crippen LogP contribution in [0.15, 0.2) is 60.8 Å². The maximum atomic E-state index is 14.7. The summed E-state index contributed by atoms with van der Waals surface area (Å²) in [6, 6.07) is 3.93. The van der Waals surface area contributed by atoms with Gasteiger partial charge in [0.2, 0.25) is 59.1 Å². The number of H-pyrrole nitrogens is 1. The fourth-order valence-electron chi connectivity index (χ4n) is 11.2. The Kier molecular flexibility index (Phi) is 23.3. The van der Waals surface area contributed by atoms with E-state index in [4.69, 9.17) is 11.5 Å². The van der Waals surface area contributed by atoms with Gasteiger partial charge >= 0.3 is 5.97 Å². The Balaban J connectivity index is 1.17. The highest BCUT2D eigenvalue weighted by molar-refractivity contribution is 5.99. The van der Waals surface area contributed by atoms with Crippen molar-refractivity contribution in [2.45, 2.75) is 185 Å². The summed E-state index contributed by atoms with van der Waals surface area (Å²) in [4.78, 5) is 159. The van der Waals surface area contributed by atoms with Gasteiger partial charge in [-0.15, -0.1) is 0 Å². The first-order valence-electron chi connectivity index (χ1n) is 29.1. The lowest BCUT2D eigenvalue weighted by molar-refractivity contribution is -0.148. The minimum atomic E-state index is -1.46. The van der Waals surface area contributed by atoms with Crippen molar-refractivity contribution in [3.63, 3.8) is 0 Å². The SMILES string of the molecule is CC(C)C[C@H](NC(=O)[C@H](Cc1ccccc1)NC(=O)[C@@H]1CCCN1C(=O)[C@H](CCC(N)=O)NC(=O)[C@H](Cc1c[nH]c2ccccc12)NC(=O)[C@H](C)NC(=O)[C@@H]1CCCN1C(=O)[C@@H]1CCCN1C(=O)[C@H](CC(C)C)NC(=O)[C@@H](N)[C@@H](C)O)C(=O)O. The minimum Gasteiger partial charge on any atom is -0.480 e. The fourth-order valence-corrected chi connectivity index (χ4v) is 11.2. The summed E-state index contributed by atoms with van der Waals surface area (Å²) in [5, 5.41) is 36.7. The van der Waals surface area contributed by atoms with Crippen LogP contribution in [0.3, 0.4) is 0 Å². The Hall–Kier alpha value is -7.93. The first kappa shape index (κ1) is 65.2. The van der Waals surface area contributed by atoms with Crippen molar-refractivity contribution in [2.24, 2.45) is 23.3 Å². The van der Waals surface area contributed by atoms with E-state index < -0.39 is 132 Å². The van der Waals surface area contributed by atoms with E-state index in [2.05, 4.69) is 36.9 Å². The highest BCUT2D eigenvalue weighted by Crippen LogP contribution is 2.28. The van der Waals surface area contributed by atoms with Gasteiger partial charge in [0.15, 0.2) is 0 Å². The number of nitrogens with two attached hydrogens (primary N) is 2. The van der Waals surface area contributed by atoms with Crippen LogP contribution in [0, 0.1) is 11.8 Å². The molecule has 2 aromatic carbocycles. The van der Waals surface area contributed by atoms with E-state index >= 15 is 0 Å². The molecule has 4 heterocycles. The number of nitrogens with zero attached hydrogens (tertiary/aromatic N) is 3. The van der Waals surface area contributed by atoms with Crippen LogP contribution < -0.4 is 43.4 Å². The summed E-state index contributed by atoms with van der Waals surface area (Å²) >= 11 is 0. The number of nitrogens with one attached hydrogen (secondary N) is 7. The van der Waals surface area contributed by atoms with Crippen molar-refractivity contribution in [1.29, 1.82) is 0 Å². The standard InChI is InChI=1S/C59H84N12O13/c1-32(2)27-43(67-55(79)49(61)35(6)72)57(81)71-26-14-21-47(71)58(82)70-25-13-19-45(70)53(77)63-34(5)50(74)65-42(30-37-31-62-39-18-11-10-17-38(37)39)52(76)64-40(22-23-48(60)73)56(80)69-24-12-20-46(69)54(78)66-41(29-36-15-8-7-9-16-36)51(75)68-44(59(83)84)28-33(3)4/h7-11,15-18,31-35,40-47,49,62,72H,12-14,19-30,61H2,1-6H3,(H2,60,73)(H,63,77)(H,64,76)(H,65,74)(H,66,78)(H,67,79)(H,68,75)(H,83,84)/t34-,35+,40-,41-,42-,43-,44-,45-,46-,47-,49-/m0/s1. The number of amides is 10. The molecular weight excluding hydrogens is 1080 g/mol. The van der Waals surface area contributed by atoms with Gasteiger partial charge in [0.1, 0.15) is 60.4 Å². The molecule has 10 amide bonds. The van der Waals surface area contributed by atoms with Crippen LogP contribution in [0.5, 0.6) is 0 Å². The summed E-state index contributed by atoms with van der Waals surface area (Å²) in [6.07, 6.45) is 2.04. The number of carboxylic acids is 1. The second-order valence-electron chi connectivity index (χ2n) is 23.2. The molecule has 25 heteroatoms. The Bertz CT molecular complexity index is 2860. The molecule has 1 aromatic heterocycles. The first-order valence-corrected chi connectivity index (χ1v) is 29.1. The van der Waals surface area contributed by atoms with E-state index in [0.717, 1.165) is 10.9 Å². The van der Waals surface area contributed by atoms with Crippen LogP contribution in [-0.4, -0.2) is 181 Å². The molecule has 3 aliphatic rings. The number of primary amides is 1. The molecule has 6 rings (SSSR count). The lowest BCUT2D eigenvalue weighted by atomic mass is 10.0. The van der Waals surface area contributed by atoms with Crippen molar-refractivity contribution < 1.29 is 63.0 Å². The molecule has 25 nitrogen and oxygen atoms in total. The Labute approximate surface area is 488 Å². The van der Waals surface area contributed by atoms with Gasteiger partial charge in [0, 0.05) is 56.0 Å². The van der Waals surface area contributed by atoms with E-state index in [-0.39, 0.29) is 82.8 Å². The second-order valence-corrected chi connectivity index (χ2v) is 23.2. The number of aromatic nitrogens is 1. The number of rotatable bonds is 28. The van der Waals surface area contributed by atoms with Gasteiger partial charge in [-0.2, -0.15) is 0 Å². The third-order valence-electron chi connectivity index (χ3n) is 15.7. The molecule has 3 saturated heterocycles. The average Bonchev–Trinajstić information content (AvgIpc) is 4.34.